The third kappa shape index (κ3) is 1.35. The first kappa shape index (κ1) is 9.40. The summed E-state index contributed by atoms with van der Waals surface area (Å²) in [5.74, 6) is 0. The van der Waals surface area contributed by atoms with Crippen molar-refractivity contribution in [1.29, 1.82) is 0 Å². The van der Waals surface area contributed by atoms with Crippen LogP contribution in [0.25, 0.3) is 10.8 Å². The Morgan fingerprint density at radius 1 is 1.29 bits per heavy atom. The summed E-state index contributed by atoms with van der Waals surface area (Å²) in [5, 5.41) is 0.310. The normalized spacial score (nSPS) is 12.3. The van der Waals surface area contributed by atoms with E-state index in [0.717, 1.165) is 12.3 Å². The van der Waals surface area contributed by atoms with E-state index in [1.165, 1.54) is 6.07 Å². The summed E-state index contributed by atoms with van der Waals surface area (Å²) in [4.78, 5) is 0. The number of halogens is 4. The third-order valence-electron chi connectivity index (χ3n) is 1.83. The van der Waals surface area contributed by atoms with Gasteiger partial charge in [-0.25, -0.2) is 0 Å². The molecule has 0 bridgehead atoms. The molecule has 0 aliphatic rings. The van der Waals surface area contributed by atoms with Crippen LogP contribution >= 0.6 is 11.6 Å². The van der Waals surface area contributed by atoms with Crippen LogP contribution in [0, 0.1) is 6.26 Å². The Balaban J connectivity index is 2.74. The summed E-state index contributed by atoms with van der Waals surface area (Å²) in [6.07, 6.45) is -0.884. The fraction of sp³-hybridized carbons (Fsp3) is 0.111. The molecule has 0 aliphatic carbocycles. The van der Waals surface area contributed by atoms with Crippen LogP contribution in [0.15, 0.2) is 22.8 Å². The van der Waals surface area contributed by atoms with Gasteiger partial charge in [0.25, 0.3) is 0 Å². The quantitative estimate of drug-likeness (QED) is 0.655. The zero-order chi connectivity index (χ0) is 10.3. The second-order valence-electron chi connectivity index (χ2n) is 2.72. The van der Waals surface area contributed by atoms with Gasteiger partial charge in [0.15, 0.2) is 6.26 Å². The van der Waals surface area contributed by atoms with Crippen molar-refractivity contribution in [2.45, 2.75) is 6.18 Å². The summed E-state index contributed by atoms with van der Waals surface area (Å²) in [6, 6.07) is 2.18. The standard InChI is InChI=1S/C9H3ClF3O/c10-8-6-4-14-3-5(6)1-2-7(8)9(11,12)13/h1-2,4H. The zero-order valence-corrected chi connectivity index (χ0v) is 7.41. The Kier molecular flexibility index (Phi) is 1.96. The van der Waals surface area contributed by atoms with E-state index >= 15 is 0 Å². The molecule has 14 heavy (non-hydrogen) atoms. The second kappa shape index (κ2) is 2.92. The maximum atomic E-state index is 12.4. The lowest BCUT2D eigenvalue weighted by atomic mass is 10.1. The molecule has 0 spiro atoms. The predicted molar refractivity (Wildman–Crippen MR) is 45.1 cm³/mol. The van der Waals surface area contributed by atoms with E-state index in [1.807, 2.05) is 0 Å². The number of hydrogen-bond acceptors (Lipinski definition) is 1. The highest BCUT2D eigenvalue weighted by molar-refractivity contribution is 6.36. The SMILES string of the molecule is FC(F)(F)c1ccc2[c]occ2c1Cl. The van der Waals surface area contributed by atoms with Gasteiger partial charge in [0.2, 0.25) is 0 Å². The van der Waals surface area contributed by atoms with Crippen LogP contribution in [-0.4, -0.2) is 0 Å². The van der Waals surface area contributed by atoms with Gasteiger partial charge in [0.1, 0.15) is 6.26 Å². The van der Waals surface area contributed by atoms with Crippen molar-refractivity contribution in [1.82, 2.24) is 0 Å². The summed E-state index contributed by atoms with van der Waals surface area (Å²) in [5.41, 5.74) is -0.860. The van der Waals surface area contributed by atoms with E-state index in [1.54, 1.807) is 0 Å². The number of hydrogen-bond donors (Lipinski definition) is 0. The molecule has 0 saturated carbocycles. The van der Waals surface area contributed by atoms with Crippen molar-refractivity contribution in [3.63, 3.8) is 0 Å². The van der Waals surface area contributed by atoms with Gasteiger partial charge in [-0.3, -0.25) is 0 Å². The molecule has 0 atom stereocenters. The maximum Gasteiger partial charge on any atom is 0.417 e. The molecule has 2 aromatic rings. The Morgan fingerprint density at radius 2 is 2.00 bits per heavy atom. The van der Waals surface area contributed by atoms with Crippen molar-refractivity contribution in [3.8, 4) is 0 Å². The van der Waals surface area contributed by atoms with E-state index in [4.69, 9.17) is 11.6 Å². The highest BCUT2D eigenvalue weighted by Crippen LogP contribution is 2.38. The van der Waals surface area contributed by atoms with Crippen LogP contribution in [0.2, 0.25) is 5.02 Å². The first-order chi connectivity index (χ1) is 6.50. The second-order valence-corrected chi connectivity index (χ2v) is 3.10. The summed E-state index contributed by atoms with van der Waals surface area (Å²) in [7, 11) is 0. The average Bonchev–Trinajstić information content (AvgIpc) is 2.50. The number of furan rings is 1. The van der Waals surface area contributed by atoms with Gasteiger partial charge in [-0.05, 0) is 12.1 Å². The number of alkyl halides is 3. The molecule has 1 aromatic heterocycles. The van der Waals surface area contributed by atoms with Crippen molar-refractivity contribution in [3.05, 3.63) is 35.2 Å². The van der Waals surface area contributed by atoms with Gasteiger partial charge < -0.3 is 4.42 Å². The number of fused-ring (bicyclic) bond motifs is 1. The number of benzene rings is 1. The molecule has 0 amide bonds. The molecular formula is C9H3ClF3O. The molecule has 1 heterocycles. The highest BCUT2D eigenvalue weighted by Gasteiger charge is 2.33. The summed E-state index contributed by atoms with van der Waals surface area (Å²) >= 11 is 5.57. The van der Waals surface area contributed by atoms with Gasteiger partial charge in [-0.15, -0.1) is 0 Å². The van der Waals surface area contributed by atoms with Crippen LogP contribution in [0.5, 0.6) is 0 Å². The molecule has 0 unspecified atom stereocenters. The van der Waals surface area contributed by atoms with Crippen LogP contribution in [0.3, 0.4) is 0 Å². The Morgan fingerprint density at radius 3 is 2.64 bits per heavy atom. The lowest BCUT2D eigenvalue weighted by Crippen LogP contribution is -2.05. The smallest absolute Gasteiger partial charge is 0.417 e. The van der Waals surface area contributed by atoms with E-state index in [0.29, 0.717) is 5.39 Å². The van der Waals surface area contributed by atoms with Crippen LogP contribution in [-0.2, 0) is 6.18 Å². The molecule has 0 fully saturated rings. The minimum atomic E-state index is -4.44. The fourth-order valence-corrected chi connectivity index (χ4v) is 1.48. The largest absolute Gasteiger partial charge is 0.460 e. The van der Waals surface area contributed by atoms with Gasteiger partial charge >= 0.3 is 6.18 Å². The van der Waals surface area contributed by atoms with Gasteiger partial charge in [0.05, 0.1) is 10.6 Å². The van der Waals surface area contributed by atoms with E-state index in [2.05, 4.69) is 10.7 Å². The van der Waals surface area contributed by atoms with Crippen LogP contribution < -0.4 is 0 Å². The van der Waals surface area contributed by atoms with Crippen molar-refractivity contribution in [2.24, 2.45) is 0 Å². The van der Waals surface area contributed by atoms with Crippen LogP contribution in [0.1, 0.15) is 5.56 Å². The molecule has 0 saturated heterocycles. The molecule has 1 aromatic carbocycles. The zero-order valence-electron chi connectivity index (χ0n) is 6.65. The fourth-order valence-electron chi connectivity index (χ4n) is 1.17. The Labute approximate surface area is 82.1 Å². The molecule has 0 N–H and O–H groups in total. The van der Waals surface area contributed by atoms with E-state index < -0.39 is 11.7 Å². The number of rotatable bonds is 0. The first-order valence-electron chi connectivity index (χ1n) is 3.65. The molecule has 1 nitrogen and oxygen atoms in total. The predicted octanol–water partition coefficient (Wildman–Crippen LogP) is 3.91. The first-order valence-corrected chi connectivity index (χ1v) is 4.02. The molecule has 0 aliphatic heterocycles. The topological polar surface area (TPSA) is 13.1 Å². The van der Waals surface area contributed by atoms with Crippen molar-refractivity contribution >= 4 is 22.4 Å². The molecule has 2 rings (SSSR count). The van der Waals surface area contributed by atoms with Gasteiger partial charge in [-0.2, -0.15) is 13.2 Å². The lowest BCUT2D eigenvalue weighted by molar-refractivity contribution is -0.137. The average molecular weight is 220 g/mol. The van der Waals surface area contributed by atoms with E-state index in [-0.39, 0.29) is 10.4 Å². The van der Waals surface area contributed by atoms with Gasteiger partial charge in [-0.1, -0.05) is 11.6 Å². The summed E-state index contributed by atoms with van der Waals surface area (Å²) in [6.45, 7) is 0. The lowest BCUT2D eigenvalue weighted by Gasteiger charge is -2.08. The molecule has 5 heteroatoms. The minimum absolute atomic E-state index is 0.224. The van der Waals surface area contributed by atoms with Crippen LogP contribution in [0.4, 0.5) is 13.2 Å². The minimum Gasteiger partial charge on any atom is -0.460 e. The molecule has 73 valence electrons. The summed E-state index contributed by atoms with van der Waals surface area (Å²) < 4.78 is 41.7. The van der Waals surface area contributed by atoms with Crippen molar-refractivity contribution in [2.75, 3.05) is 0 Å². The molecular weight excluding hydrogens is 217 g/mol. The van der Waals surface area contributed by atoms with E-state index in [9.17, 15) is 13.2 Å². The van der Waals surface area contributed by atoms with Crippen molar-refractivity contribution < 1.29 is 17.6 Å². The molecule has 1 radical (unpaired) electrons. The third-order valence-corrected chi connectivity index (χ3v) is 2.24. The maximum absolute atomic E-state index is 12.4. The Bertz CT molecular complexity index is 472. The Hall–Kier alpha value is -1.16. The highest BCUT2D eigenvalue weighted by atomic mass is 35.5. The monoisotopic (exact) mass is 219 g/mol. The van der Waals surface area contributed by atoms with Gasteiger partial charge in [0, 0.05) is 10.8 Å².